The zero-order valence-electron chi connectivity index (χ0n) is 10.6. The number of aryl methyl sites for hydroxylation is 2. The summed E-state index contributed by atoms with van der Waals surface area (Å²) in [5.41, 5.74) is 4.38. The van der Waals surface area contributed by atoms with Crippen molar-refractivity contribution in [1.29, 1.82) is 5.26 Å². The van der Waals surface area contributed by atoms with Crippen LogP contribution in [0, 0.1) is 25.2 Å². The molecule has 3 heteroatoms. The van der Waals surface area contributed by atoms with E-state index in [9.17, 15) is 0 Å². The van der Waals surface area contributed by atoms with Crippen LogP contribution in [0.1, 0.15) is 29.7 Å². The van der Waals surface area contributed by atoms with Gasteiger partial charge in [0.15, 0.2) is 0 Å². The van der Waals surface area contributed by atoms with Crippen molar-refractivity contribution in [3.8, 4) is 11.8 Å². The minimum absolute atomic E-state index is 0.178. The maximum Gasteiger partial charge on any atom is 0.124 e. The number of H-pyrrole nitrogens is 1. The lowest BCUT2D eigenvalue weighted by Crippen LogP contribution is -1.97. The van der Waals surface area contributed by atoms with E-state index in [2.05, 4.69) is 18.0 Å². The van der Waals surface area contributed by atoms with Crippen LogP contribution < -0.4 is 4.74 Å². The Labute approximate surface area is 101 Å². The fraction of sp³-hybridized carbons (Fsp3) is 0.357. The molecule has 0 saturated heterocycles. The van der Waals surface area contributed by atoms with Crippen molar-refractivity contribution < 1.29 is 4.74 Å². The molecule has 0 aliphatic rings. The third kappa shape index (κ3) is 1.66. The molecule has 17 heavy (non-hydrogen) atoms. The summed E-state index contributed by atoms with van der Waals surface area (Å²) >= 11 is 0. The summed E-state index contributed by atoms with van der Waals surface area (Å²) in [4.78, 5) is 3.33. The van der Waals surface area contributed by atoms with Crippen molar-refractivity contribution in [1.82, 2.24) is 4.98 Å². The number of aromatic amines is 1. The minimum atomic E-state index is -0.178. The Kier molecular flexibility index (Phi) is 2.81. The van der Waals surface area contributed by atoms with E-state index in [0.717, 1.165) is 27.9 Å². The second-order valence-electron chi connectivity index (χ2n) is 4.33. The highest BCUT2D eigenvalue weighted by Crippen LogP contribution is 2.36. The highest BCUT2D eigenvalue weighted by Gasteiger charge is 2.18. The van der Waals surface area contributed by atoms with Crippen LogP contribution in [0.15, 0.2) is 12.1 Å². The normalized spacial score (nSPS) is 12.4. The van der Waals surface area contributed by atoms with Crippen molar-refractivity contribution in [3.63, 3.8) is 0 Å². The number of rotatable bonds is 2. The SMILES string of the molecule is COc1ccc2[nH]c(C)c(C)c2c1C(C)C#N. The van der Waals surface area contributed by atoms with Crippen LogP contribution in [-0.2, 0) is 0 Å². The Morgan fingerprint density at radius 1 is 1.35 bits per heavy atom. The van der Waals surface area contributed by atoms with Gasteiger partial charge in [0.05, 0.1) is 19.1 Å². The number of hydrogen-bond acceptors (Lipinski definition) is 2. The molecule has 0 bridgehead atoms. The van der Waals surface area contributed by atoms with Gasteiger partial charge in [0.2, 0.25) is 0 Å². The van der Waals surface area contributed by atoms with Gasteiger partial charge >= 0.3 is 0 Å². The molecule has 2 aromatic rings. The molecule has 0 radical (unpaired) electrons. The van der Waals surface area contributed by atoms with Crippen molar-refractivity contribution in [2.45, 2.75) is 26.7 Å². The van der Waals surface area contributed by atoms with Gasteiger partial charge in [0, 0.05) is 22.2 Å². The first-order chi connectivity index (χ1) is 8.10. The Balaban J connectivity index is 2.88. The smallest absolute Gasteiger partial charge is 0.124 e. The van der Waals surface area contributed by atoms with E-state index >= 15 is 0 Å². The summed E-state index contributed by atoms with van der Waals surface area (Å²) < 4.78 is 5.38. The average molecular weight is 228 g/mol. The lowest BCUT2D eigenvalue weighted by Gasteiger charge is -2.12. The molecule has 2 rings (SSSR count). The molecule has 0 fully saturated rings. The number of methoxy groups -OCH3 is 1. The molecule has 0 spiro atoms. The first kappa shape index (κ1) is 11.5. The molecule has 1 unspecified atom stereocenters. The quantitative estimate of drug-likeness (QED) is 0.856. The van der Waals surface area contributed by atoms with Gasteiger partial charge in [-0.25, -0.2) is 0 Å². The Hall–Kier alpha value is -1.95. The van der Waals surface area contributed by atoms with E-state index in [1.54, 1.807) is 7.11 Å². The Morgan fingerprint density at radius 2 is 2.06 bits per heavy atom. The maximum atomic E-state index is 9.15. The van der Waals surface area contributed by atoms with Gasteiger partial charge in [0.25, 0.3) is 0 Å². The molecule has 1 aromatic carbocycles. The highest BCUT2D eigenvalue weighted by atomic mass is 16.5. The van der Waals surface area contributed by atoms with Gasteiger partial charge in [-0.2, -0.15) is 5.26 Å². The van der Waals surface area contributed by atoms with E-state index in [-0.39, 0.29) is 5.92 Å². The molecule has 1 N–H and O–H groups in total. The van der Waals surface area contributed by atoms with Gasteiger partial charge in [-0.05, 0) is 38.5 Å². The van der Waals surface area contributed by atoms with E-state index in [1.165, 1.54) is 5.56 Å². The number of fused-ring (bicyclic) bond motifs is 1. The molecule has 3 nitrogen and oxygen atoms in total. The minimum Gasteiger partial charge on any atom is -0.496 e. The number of ether oxygens (including phenoxy) is 1. The fourth-order valence-electron chi connectivity index (χ4n) is 2.26. The van der Waals surface area contributed by atoms with Crippen LogP contribution in [0.25, 0.3) is 10.9 Å². The molecule has 1 atom stereocenters. The predicted molar refractivity (Wildman–Crippen MR) is 68.4 cm³/mol. The molecule has 0 amide bonds. The average Bonchev–Trinajstić information content (AvgIpc) is 2.63. The zero-order valence-corrected chi connectivity index (χ0v) is 10.6. The number of aromatic nitrogens is 1. The van der Waals surface area contributed by atoms with Crippen LogP contribution in [0.2, 0.25) is 0 Å². The van der Waals surface area contributed by atoms with E-state index < -0.39 is 0 Å². The fourth-order valence-corrected chi connectivity index (χ4v) is 2.26. The van der Waals surface area contributed by atoms with Crippen molar-refractivity contribution in [2.75, 3.05) is 7.11 Å². The number of nitriles is 1. The predicted octanol–water partition coefficient (Wildman–Crippen LogP) is 3.42. The van der Waals surface area contributed by atoms with Crippen molar-refractivity contribution in [3.05, 3.63) is 29.0 Å². The molecular formula is C14H16N2O. The lowest BCUT2D eigenvalue weighted by molar-refractivity contribution is 0.410. The third-order valence-electron chi connectivity index (χ3n) is 3.31. The van der Waals surface area contributed by atoms with Crippen LogP contribution >= 0.6 is 0 Å². The summed E-state index contributed by atoms with van der Waals surface area (Å²) in [6, 6.07) is 6.21. The van der Waals surface area contributed by atoms with Gasteiger partial charge in [-0.1, -0.05) is 0 Å². The maximum absolute atomic E-state index is 9.15. The van der Waals surface area contributed by atoms with Crippen molar-refractivity contribution in [2.24, 2.45) is 0 Å². The number of hydrogen-bond donors (Lipinski definition) is 1. The molecule has 1 aromatic heterocycles. The van der Waals surface area contributed by atoms with E-state index in [0.29, 0.717) is 0 Å². The largest absolute Gasteiger partial charge is 0.496 e. The van der Waals surface area contributed by atoms with Crippen LogP contribution in [-0.4, -0.2) is 12.1 Å². The molecule has 1 heterocycles. The van der Waals surface area contributed by atoms with Gasteiger partial charge < -0.3 is 9.72 Å². The van der Waals surface area contributed by atoms with Gasteiger partial charge in [0.1, 0.15) is 5.75 Å². The molecule has 0 saturated carbocycles. The van der Waals surface area contributed by atoms with E-state index in [4.69, 9.17) is 10.00 Å². The number of nitrogens with zero attached hydrogens (tertiary/aromatic N) is 1. The number of benzene rings is 1. The van der Waals surface area contributed by atoms with Crippen LogP contribution in [0.4, 0.5) is 0 Å². The third-order valence-corrected chi connectivity index (χ3v) is 3.31. The van der Waals surface area contributed by atoms with Gasteiger partial charge in [-0.3, -0.25) is 0 Å². The molecular weight excluding hydrogens is 212 g/mol. The molecule has 88 valence electrons. The summed E-state index contributed by atoms with van der Waals surface area (Å²) in [5, 5.41) is 10.3. The van der Waals surface area contributed by atoms with Crippen molar-refractivity contribution >= 4 is 10.9 Å². The Morgan fingerprint density at radius 3 is 2.65 bits per heavy atom. The number of nitrogens with one attached hydrogen (secondary N) is 1. The van der Waals surface area contributed by atoms with Gasteiger partial charge in [-0.15, -0.1) is 0 Å². The van der Waals surface area contributed by atoms with E-state index in [1.807, 2.05) is 26.0 Å². The Bertz CT molecular complexity index is 605. The second kappa shape index (κ2) is 4.14. The highest BCUT2D eigenvalue weighted by molar-refractivity contribution is 5.90. The second-order valence-corrected chi connectivity index (χ2v) is 4.33. The topological polar surface area (TPSA) is 48.8 Å². The van der Waals surface area contributed by atoms with Crippen LogP contribution in [0.3, 0.4) is 0 Å². The first-order valence-corrected chi connectivity index (χ1v) is 5.65. The lowest BCUT2D eigenvalue weighted by atomic mass is 9.95. The zero-order chi connectivity index (χ0) is 12.6. The standard InChI is InChI=1S/C14H16N2O/c1-8(7-15)13-12(17-4)6-5-11-14(13)9(2)10(3)16-11/h5-6,8,16H,1-4H3. The van der Waals surface area contributed by atoms with Crippen LogP contribution in [0.5, 0.6) is 5.75 Å². The summed E-state index contributed by atoms with van der Waals surface area (Å²) in [6.45, 7) is 6.02. The summed E-state index contributed by atoms with van der Waals surface area (Å²) in [5.74, 6) is 0.608. The first-order valence-electron chi connectivity index (χ1n) is 5.65. The molecule has 0 aliphatic heterocycles. The summed E-state index contributed by atoms with van der Waals surface area (Å²) in [6.07, 6.45) is 0. The molecule has 0 aliphatic carbocycles. The monoisotopic (exact) mass is 228 g/mol. The summed E-state index contributed by atoms with van der Waals surface area (Å²) in [7, 11) is 1.64.